The fourth-order valence-electron chi connectivity index (χ4n) is 4.28. The number of halogens is 4. The Hall–Kier alpha value is -2.52. The third kappa shape index (κ3) is 7.08. The van der Waals surface area contributed by atoms with Crippen molar-refractivity contribution in [1.82, 2.24) is 10.6 Å². The topological polar surface area (TPSA) is 130 Å². The first kappa shape index (κ1) is 33.4. The van der Waals surface area contributed by atoms with Gasteiger partial charge in [-0.05, 0) is 118 Å². The summed E-state index contributed by atoms with van der Waals surface area (Å²) in [6.07, 6.45) is 0.667. The molecule has 0 atom stereocenters. The number of hydrogen-bond acceptors (Lipinski definition) is 7. The van der Waals surface area contributed by atoms with Crippen LogP contribution in [0.15, 0.2) is 57.4 Å². The maximum absolute atomic E-state index is 13.0. The normalized spacial score (nSPS) is 11.2. The van der Waals surface area contributed by atoms with Crippen LogP contribution in [-0.4, -0.2) is 42.3 Å². The number of phenols is 1. The number of anilines is 1. The van der Waals surface area contributed by atoms with E-state index in [4.69, 9.17) is 21.4 Å². The molecule has 0 bridgehead atoms. The Balaban J connectivity index is 1.82. The molecule has 2 aromatic rings. The lowest BCUT2D eigenvalue weighted by atomic mass is 9.90. The van der Waals surface area contributed by atoms with Crippen molar-refractivity contribution >= 4 is 110 Å². The highest BCUT2D eigenvalue weighted by Gasteiger charge is 2.28. The molecule has 4 N–H and O–H groups in total. The second-order valence-electron chi connectivity index (χ2n) is 9.69. The molecule has 0 saturated heterocycles. The number of esters is 1. The van der Waals surface area contributed by atoms with Gasteiger partial charge in [0.15, 0.2) is 16.5 Å². The van der Waals surface area contributed by atoms with E-state index in [0.29, 0.717) is 56.9 Å². The van der Waals surface area contributed by atoms with E-state index >= 15 is 0 Å². The largest absolute Gasteiger partial charge is 0.505 e. The number of thiocarbonyl (C=S) groups is 1. The van der Waals surface area contributed by atoms with Crippen molar-refractivity contribution in [2.24, 2.45) is 5.92 Å². The van der Waals surface area contributed by atoms with Crippen molar-refractivity contribution in [3.63, 3.8) is 0 Å². The van der Waals surface area contributed by atoms with Crippen LogP contribution >= 0.6 is 75.9 Å². The predicted octanol–water partition coefficient (Wildman–Crippen LogP) is 7.56. The average molecular weight is 863 g/mol. The van der Waals surface area contributed by atoms with Gasteiger partial charge in [-0.15, -0.1) is 0 Å². The van der Waals surface area contributed by atoms with Gasteiger partial charge in [0, 0.05) is 41.2 Å². The SMILES string of the molecule is COC(=O)c1ccc(NC(=S)NCCCNC(=O)C(C)C)cc1-c1c2cc(Br)c(=O)c(Br)c-2oc2c(Br)c(O)c(Br)cc12. The Labute approximate surface area is 286 Å². The number of ether oxygens (including phenoxy) is 1. The second kappa shape index (κ2) is 14.1. The smallest absolute Gasteiger partial charge is 0.338 e. The lowest BCUT2D eigenvalue weighted by Crippen LogP contribution is -2.33. The van der Waals surface area contributed by atoms with E-state index in [-0.39, 0.29) is 53.3 Å². The van der Waals surface area contributed by atoms with Gasteiger partial charge in [-0.25, -0.2) is 4.79 Å². The molecule has 0 radical (unpaired) electrons. The Morgan fingerprint density at radius 3 is 2.37 bits per heavy atom. The van der Waals surface area contributed by atoms with Crippen LogP contribution in [0.25, 0.3) is 33.4 Å². The van der Waals surface area contributed by atoms with Crippen molar-refractivity contribution < 1.29 is 23.8 Å². The highest BCUT2D eigenvalue weighted by Crippen LogP contribution is 2.49. The van der Waals surface area contributed by atoms with Crippen LogP contribution in [0, 0.1) is 5.92 Å². The summed E-state index contributed by atoms with van der Waals surface area (Å²) in [6, 6.07) is 8.36. The van der Waals surface area contributed by atoms with Crippen LogP contribution in [0.2, 0.25) is 0 Å². The predicted molar refractivity (Wildman–Crippen MR) is 185 cm³/mol. The summed E-state index contributed by atoms with van der Waals surface area (Å²) in [5.74, 6) is -0.548. The molecule has 0 saturated carbocycles. The van der Waals surface area contributed by atoms with Crippen LogP contribution in [0.3, 0.4) is 0 Å². The number of nitrogens with one attached hydrogen (secondary N) is 3. The van der Waals surface area contributed by atoms with Gasteiger partial charge in [0.1, 0.15) is 14.7 Å². The molecule has 1 heterocycles. The van der Waals surface area contributed by atoms with Crippen LogP contribution < -0.4 is 21.4 Å². The number of phenolic OH excluding ortho intramolecular Hbond substituents is 1. The number of carbonyl (C=O) groups excluding carboxylic acids is 2. The zero-order valence-corrected chi connectivity index (χ0v) is 30.2. The highest BCUT2D eigenvalue weighted by molar-refractivity contribution is 9.11. The van der Waals surface area contributed by atoms with E-state index in [0.717, 1.165) is 0 Å². The number of hydrogen-bond donors (Lipinski definition) is 4. The van der Waals surface area contributed by atoms with Crippen molar-refractivity contribution in [2.45, 2.75) is 20.3 Å². The molecule has 2 aliphatic rings. The van der Waals surface area contributed by atoms with Crippen LogP contribution in [0.1, 0.15) is 30.6 Å². The van der Waals surface area contributed by atoms with Gasteiger partial charge < -0.3 is 30.2 Å². The third-order valence-electron chi connectivity index (χ3n) is 6.44. The summed E-state index contributed by atoms with van der Waals surface area (Å²) in [4.78, 5) is 37.6. The summed E-state index contributed by atoms with van der Waals surface area (Å²) < 4.78 is 12.4. The summed E-state index contributed by atoms with van der Waals surface area (Å²) >= 11 is 19.0. The summed E-state index contributed by atoms with van der Waals surface area (Å²) in [5, 5.41) is 20.6. The monoisotopic (exact) mass is 859 g/mol. The Kier molecular flexibility index (Phi) is 10.9. The highest BCUT2D eigenvalue weighted by atomic mass is 79.9. The number of methoxy groups -OCH3 is 1. The van der Waals surface area contributed by atoms with Gasteiger partial charge in [-0.2, -0.15) is 0 Å². The summed E-state index contributed by atoms with van der Waals surface area (Å²) in [6.45, 7) is 4.71. The summed E-state index contributed by atoms with van der Waals surface area (Å²) in [7, 11) is 1.29. The molecule has 0 unspecified atom stereocenters. The van der Waals surface area contributed by atoms with E-state index < -0.39 is 5.97 Å². The first-order valence-electron chi connectivity index (χ1n) is 12.9. The van der Waals surface area contributed by atoms with Crippen molar-refractivity contribution in [3.05, 3.63) is 64.0 Å². The Morgan fingerprint density at radius 1 is 1.00 bits per heavy atom. The van der Waals surface area contributed by atoms with Crippen molar-refractivity contribution in [2.75, 3.05) is 25.5 Å². The molecule has 43 heavy (non-hydrogen) atoms. The summed E-state index contributed by atoms with van der Waals surface area (Å²) in [5.41, 5.74) is 2.27. The minimum atomic E-state index is -0.580. The second-order valence-corrected chi connectivity index (χ2v) is 13.4. The molecule has 0 spiro atoms. The first-order valence-corrected chi connectivity index (χ1v) is 16.4. The van der Waals surface area contributed by atoms with Gasteiger partial charge in [-0.1, -0.05) is 13.8 Å². The molecule has 14 heteroatoms. The molecule has 2 aromatic carbocycles. The van der Waals surface area contributed by atoms with E-state index in [1.165, 1.54) is 7.11 Å². The number of rotatable bonds is 8. The molecule has 0 aromatic heterocycles. The average Bonchev–Trinajstić information content (AvgIpc) is 2.97. The first-order chi connectivity index (χ1) is 20.3. The molecule has 226 valence electrons. The fraction of sp³-hybridized carbons (Fsp3) is 0.241. The lowest BCUT2D eigenvalue weighted by Gasteiger charge is -2.20. The maximum atomic E-state index is 13.0. The van der Waals surface area contributed by atoms with E-state index in [1.54, 1.807) is 30.3 Å². The van der Waals surface area contributed by atoms with Gasteiger partial charge >= 0.3 is 5.97 Å². The van der Waals surface area contributed by atoms with Gasteiger partial charge in [0.2, 0.25) is 11.3 Å². The Bertz CT molecular complexity index is 1790. The molecular formula is C29H25Br4N3O6S. The molecule has 1 aliphatic heterocycles. The maximum Gasteiger partial charge on any atom is 0.338 e. The molecule has 1 amide bonds. The van der Waals surface area contributed by atoms with Gasteiger partial charge in [-0.3, -0.25) is 9.59 Å². The zero-order valence-electron chi connectivity index (χ0n) is 23.0. The fourth-order valence-corrected chi connectivity index (χ4v) is 6.90. The number of fused-ring (bicyclic) bond motifs is 2. The molecule has 1 aliphatic carbocycles. The van der Waals surface area contributed by atoms with Gasteiger partial charge in [0.25, 0.3) is 0 Å². The number of aromatic hydroxyl groups is 1. The molecule has 4 rings (SSSR count). The van der Waals surface area contributed by atoms with E-state index in [2.05, 4.69) is 79.7 Å². The number of carbonyl (C=O) groups is 2. The standard InChI is InChI=1S/C29H25Br4N3O6S/c1-12(2)27(39)34-7-4-8-35-29(43)36-13-5-6-14(28(40)41-3)15(9-13)20-16-10-18(30)23(37)21(32)25(16)42-26-17(20)11-19(31)24(38)22(26)33/h5-6,9-12,37H,4,7-8H2,1-3H3,(H,34,39)(H2,35,36,43). The molecular weight excluding hydrogens is 838 g/mol. The van der Waals surface area contributed by atoms with Crippen molar-refractivity contribution in [3.8, 4) is 28.2 Å². The Morgan fingerprint density at radius 2 is 1.70 bits per heavy atom. The van der Waals surface area contributed by atoms with Crippen LogP contribution in [-0.2, 0) is 9.53 Å². The number of amides is 1. The minimum absolute atomic E-state index is 0.00695. The van der Waals surface area contributed by atoms with E-state index in [1.807, 2.05) is 13.8 Å². The van der Waals surface area contributed by atoms with Gasteiger partial charge in [0.05, 0.1) is 21.6 Å². The minimum Gasteiger partial charge on any atom is -0.505 e. The molecule has 0 fully saturated rings. The number of benzene rings is 3. The zero-order chi connectivity index (χ0) is 31.6. The van der Waals surface area contributed by atoms with Crippen LogP contribution in [0.4, 0.5) is 5.69 Å². The van der Waals surface area contributed by atoms with Crippen molar-refractivity contribution in [1.29, 1.82) is 0 Å². The molecule has 9 nitrogen and oxygen atoms in total. The lowest BCUT2D eigenvalue weighted by molar-refractivity contribution is -0.123. The third-order valence-corrected chi connectivity index (χ3v) is 9.33. The quantitative estimate of drug-likeness (QED) is 0.0615. The van der Waals surface area contributed by atoms with Crippen LogP contribution in [0.5, 0.6) is 5.75 Å². The van der Waals surface area contributed by atoms with E-state index in [9.17, 15) is 19.5 Å².